The Hall–Kier alpha value is -2.48. The van der Waals surface area contributed by atoms with E-state index in [9.17, 15) is 4.79 Å². The summed E-state index contributed by atoms with van der Waals surface area (Å²) in [7, 11) is 0. The molecule has 2 aromatic carbocycles. The van der Waals surface area contributed by atoms with Crippen LogP contribution < -0.4 is 0 Å². The molecule has 0 saturated heterocycles. The van der Waals surface area contributed by atoms with E-state index in [0.29, 0.717) is 11.3 Å². The highest BCUT2D eigenvalue weighted by Crippen LogP contribution is 2.20. The van der Waals surface area contributed by atoms with Crippen molar-refractivity contribution < 1.29 is 4.79 Å². The summed E-state index contributed by atoms with van der Waals surface area (Å²) in [5, 5.41) is 1.94. The third-order valence-electron chi connectivity index (χ3n) is 3.28. The van der Waals surface area contributed by atoms with E-state index >= 15 is 0 Å². The Labute approximate surface area is 111 Å². The zero-order valence-corrected chi connectivity index (χ0v) is 10.6. The van der Waals surface area contributed by atoms with Crippen LogP contribution >= 0.6 is 0 Å². The summed E-state index contributed by atoms with van der Waals surface area (Å²) in [5.74, 6) is -0.0186. The van der Waals surface area contributed by atoms with Crippen molar-refractivity contribution in [2.45, 2.75) is 6.92 Å². The van der Waals surface area contributed by atoms with Crippen molar-refractivity contribution in [2.75, 3.05) is 0 Å². The summed E-state index contributed by atoms with van der Waals surface area (Å²) in [6.45, 7) is 1.94. The Kier molecular flexibility index (Phi) is 2.84. The number of aryl methyl sites for hydroxylation is 1. The van der Waals surface area contributed by atoms with Crippen LogP contribution in [-0.2, 0) is 0 Å². The van der Waals surface area contributed by atoms with Crippen molar-refractivity contribution in [1.82, 2.24) is 4.98 Å². The minimum atomic E-state index is -0.0186. The van der Waals surface area contributed by atoms with Crippen molar-refractivity contribution >= 4 is 16.6 Å². The third kappa shape index (κ3) is 2.02. The van der Waals surface area contributed by atoms with Gasteiger partial charge in [0.05, 0.1) is 0 Å². The van der Waals surface area contributed by atoms with Gasteiger partial charge in [-0.15, -0.1) is 0 Å². The van der Waals surface area contributed by atoms with E-state index in [1.54, 1.807) is 6.20 Å². The summed E-state index contributed by atoms with van der Waals surface area (Å²) in [4.78, 5) is 16.9. The average molecular weight is 247 g/mol. The maximum atomic E-state index is 12.6. The quantitative estimate of drug-likeness (QED) is 0.645. The zero-order valence-electron chi connectivity index (χ0n) is 10.6. The van der Waals surface area contributed by atoms with Gasteiger partial charge in [0.2, 0.25) is 5.78 Å². The number of fused-ring (bicyclic) bond motifs is 1. The minimum absolute atomic E-state index is 0.0186. The predicted molar refractivity (Wildman–Crippen MR) is 76.4 cm³/mol. The molecule has 0 aliphatic heterocycles. The molecule has 0 amide bonds. The van der Waals surface area contributed by atoms with Crippen LogP contribution in [0.15, 0.2) is 60.8 Å². The summed E-state index contributed by atoms with van der Waals surface area (Å²) < 4.78 is 0. The Morgan fingerprint density at radius 2 is 1.68 bits per heavy atom. The van der Waals surface area contributed by atoms with Crippen LogP contribution in [0.2, 0.25) is 0 Å². The first kappa shape index (κ1) is 11.6. The number of benzene rings is 2. The van der Waals surface area contributed by atoms with Crippen LogP contribution in [-0.4, -0.2) is 10.8 Å². The van der Waals surface area contributed by atoms with Gasteiger partial charge >= 0.3 is 0 Å². The molecule has 0 N–H and O–H groups in total. The molecule has 0 spiro atoms. The molecule has 0 atom stereocenters. The fourth-order valence-electron chi connectivity index (χ4n) is 2.26. The monoisotopic (exact) mass is 247 g/mol. The molecule has 0 bridgehead atoms. The maximum absolute atomic E-state index is 12.6. The van der Waals surface area contributed by atoms with Gasteiger partial charge in [0.25, 0.3) is 0 Å². The average Bonchev–Trinajstić information content (AvgIpc) is 2.46. The van der Waals surface area contributed by atoms with Crippen LogP contribution in [0.5, 0.6) is 0 Å². The first-order chi connectivity index (χ1) is 9.27. The molecule has 0 fully saturated rings. The standard InChI is InChI=1S/C17H13NO/c1-12-6-2-4-8-14(12)17(19)16-15-9-5-3-7-13(15)10-11-18-16/h2-11H,1H3. The number of hydrogen-bond acceptors (Lipinski definition) is 2. The van der Waals surface area contributed by atoms with Crippen molar-refractivity contribution in [1.29, 1.82) is 0 Å². The van der Waals surface area contributed by atoms with Crippen LogP contribution in [0.1, 0.15) is 21.6 Å². The molecule has 0 unspecified atom stereocenters. The molecule has 3 rings (SSSR count). The van der Waals surface area contributed by atoms with Crippen LogP contribution in [0.25, 0.3) is 10.8 Å². The smallest absolute Gasteiger partial charge is 0.212 e. The highest BCUT2D eigenvalue weighted by molar-refractivity contribution is 6.15. The van der Waals surface area contributed by atoms with Gasteiger partial charge in [-0.05, 0) is 23.9 Å². The predicted octanol–water partition coefficient (Wildman–Crippen LogP) is 3.77. The molecule has 0 radical (unpaired) electrons. The van der Waals surface area contributed by atoms with Gasteiger partial charge in [-0.25, -0.2) is 0 Å². The number of carbonyl (C=O) groups excluding carboxylic acids is 1. The van der Waals surface area contributed by atoms with Gasteiger partial charge in [0, 0.05) is 17.1 Å². The summed E-state index contributed by atoms with van der Waals surface area (Å²) >= 11 is 0. The number of ketones is 1. The van der Waals surface area contributed by atoms with Crippen LogP contribution in [0.4, 0.5) is 0 Å². The number of rotatable bonds is 2. The molecule has 3 aromatic rings. The summed E-state index contributed by atoms with van der Waals surface area (Å²) in [5.41, 5.74) is 2.21. The Morgan fingerprint density at radius 3 is 2.53 bits per heavy atom. The van der Waals surface area contributed by atoms with E-state index in [-0.39, 0.29) is 5.78 Å². The van der Waals surface area contributed by atoms with Crippen molar-refractivity contribution in [3.8, 4) is 0 Å². The Morgan fingerprint density at radius 1 is 0.947 bits per heavy atom. The van der Waals surface area contributed by atoms with E-state index in [2.05, 4.69) is 4.98 Å². The highest BCUT2D eigenvalue weighted by Gasteiger charge is 2.15. The fraction of sp³-hybridized carbons (Fsp3) is 0.0588. The molecular weight excluding hydrogens is 234 g/mol. The second-order valence-corrected chi connectivity index (χ2v) is 4.52. The number of pyridine rings is 1. The van der Waals surface area contributed by atoms with Crippen LogP contribution in [0.3, 0.4) is 0 Å². The molecule has 0 aliphatic rings. The van der Waals surface area contributed by atoms with E-state index in [0.717, 1.165) is 16.3 Å². The molecule has 0 saturated carbocycles. The molecule has 1 aromatic heterocycles. The van der Waals surface area contributed by atoms with Gasteiger partial charge in [-0.1, -0.05) is 48.5 Å². The van der Waals surface area contributed by atoms with E-state index < -0.39 is 0 Å². The fourth-order valence-corrected chi connectivity index (χ4v) is 2.26. The van der Waals surface area contributed by atoms with Gasteiger partial charge < -0.3 is 0 Å². The lowest BCUT2D eigenvalue weighted by Gasteiger charge is -2.06. The first-order valence-electron chi connectivity index (χ1n) is 6.21. The second kappa shape index (κ2) is 4.65. The molecule has 2 nitrogen and oxygen atoms in total. The molecular formula is C17H13NO. The normalized spacial score (nSPS) is 10.6. The second-order valence-electron chi connectivity index (χ2n) is 4.52. The number of nitrogens with zero attached hydrogens (tertiary/aromatic N) is 1. The first-order valence-corrected chi connectivity index (χ1v) is 6.21. The Balaban J connectivity index is 2.20. The molecule has 2 heteroatoms. The number of hydrogen-bond donors (Lipinski definition) is 0. The number of carbonyl (C=O) groups is 1. The highest BCUT2D eigenvalue weighted by atomic mass is 16.1. The largest absolute Gasteiger partial charge is 0.287 e. The minimum Gasteiger partial charge on any atom is -0.287 e. The SMILES string of the molecule is Cc1ccccc1C(=O)c1nccc2ccccc12. The van der Waals surface area contributed by atoms with Crippen molar-refractivity contribution in [3.05, 3.63) is 77.6 Å². The third-order valence-corrected chi connectivity index (χ3v) is 3.28. The topological polar surface area (TPSA) is 30.0 Å². The molecule has 19 heavy (non-hydrogen) atoms. The summed E-state index contributed by atoms with van der Waals surface area (Å²) in [6.07, 6.45) is 1.69. The van der Waals surface area contributed by atoms with Crippen molar-refractivity contribution in [3.63, 3.8) is 0 Å². The van der Waals surface area contributed by atoms with E-state index in [1.807, 2.05) is 61.5 Å². The van der Waals surface area contributed by atoms with E-state index in [1.165, 1.54) is 0 Å². The lowest BCUT2D eigenvalue weighted by Crippen LogP contribution is -2.06. The maximum Gasteiger partial charge on any atom is 0.212 e. The lowest BCUT2D eigenvalue weighted by atomic mass is 9.99. The zero-order chi connectivity index (χ0) is 13.2. The molecule has 0 aliphatic carbocycles. The van der Waals surface area contributed by atoms with Crippen molar-refractivity contribution in [2.24, 2.45) is 0 Å². The molecule has 1 heterocycles. The van der Waals surface area contributed by atoms with Crippen LogP contribution in [0, 0.1) is 6.92 Å². The van der Waals surface area contributed by atoms with E-state index in [4.69, 9.17) is 0 Å². The summed E-state index contributed by atoms with van der Waals surface area (Å²) in [6, 6.07) is 17.3. The molecule has 92 valence electrons. The Bertz CT molecular complexity index is 757. The lowest BCUT2D eigenvalue weighted by molar-refractivity contribution is 0.103. The number of aromatic nitrogens is 1. The van der Waals surface area contributed by atoms with Gasteiger partial charge in [0.1, 0.15) is 5.69 Å². The van der Waals surface area contributed by atoms with Gasteiger partial charge in [-0.2, -0.15) is 0 Å². The van der Waals surface area contributed by atoms with Gasteiger partial charge in [0.15, 0.2) is 0 Å². The van der Waals surface area contributed by atoms with Gasteiger partial charge in [-0.3, -0.25) is 9.78 Å².